The zero-order valence-corrected chi connectivity index (χ0v) is 10.00. The van der Waals surface area contributed by atoms with Gasteiger partial charge in [0, 0.05) is 12.1 Å². The van der Waals surface area contributed by atoms with E-state index in [0.29, 0.717) is 18.5 Å². The third-order valence-electron chi connectivity index (χ3n) is 2.49. The lowest BCUT2D eigenvalue weighted by molar-refractivity contribution is 0.432. The van der Waals surface area contributed by atoms with Crippen LogP contribution in [0.4, 0.5) is 13.2 Å². The molecule has 0 unspecified atom stereocenters. The molecular weight excluding hydrogens is 255 g/mol. The minimum atomic E-state index is -0.717. The van der Waals surface area contributed by atoms with E-state index in [1.807, 2.05) is 0 Å². The van der Waals surface area contributed by atoms with Gasteiger partial charge in [-0.2, -0.15) is 0 Å². The second-order valence-corrected chi connectivity index (χ2v) is 4.01. The summed E-state index contributed by atoms with van der Waals surface area (Å²) in [5.41, 5.74) is 6.02. The Bertz CT molecular complexity index is 587. The summed E-state index contributed by atoms with van der Waals surface area (Å²) < 4.78 is 44.9. The topological polar surface area (TPSA) is 35.2 Å². The van der Waals surface area contributed by atoms with Gasteiger partial charge in [-0.25, -0.2) is 13.2 Å². The van der Waals surface area contributed by atoms with Gasteiger partial charge in [-0.3, -0.25) is 0 Å². The average molecular weight is 267 g/mol. The van der Waals surface area contributed by atoms with Gasteiger partial charge in [0.05, 0.1) is 0 Å². The van der Waals surface area contributed by atoms with Crippen LogP contribution in [-0.2, 0) is 6.42 Å². The van der Waals surface area contributed by atoms with E-state index < -0.39 is 17.5 Å². The van der Waals surface area contributed by atoms with E-state index in [1.165, 1.54) is 6.07 Å². The second kappa shape index (κ2) is 5.75. The molecule has 2 rings (SSSR count). The molecule has 0 radical (unpaired) electrons. The monoisotopic (exact) mass is 267 g/mol. The molecule has 0 spiro atoms. The van der Waals surface area contributed by atoms with Crippen molar-refractivity contribution in [3.63, 3.8) is 0 Å². The lowest BCUT2D eigenvalue weighted by Gasteiger charge is -2.09. The summed E-state index contributed by atoms with van der Waals surface area (Å²) in [6.45, 7) is 0.358. The van der Waals surface area contributed by atoms with Crippen molar-refractivity contribution >= 4 is 0 Å². The van der Waals surface area contributed by atoms with Crippen LogP contribution in [0.25, 0.3) is 0 Å². The summed E-state index contributed by atoms with van der Waals surface area (Å²) in [6.07, 6.45) is 0.472. The van der Waals surface area contributed by atoms with Gasteiger partial charge in [0.15, 0.2) is 11.6 Å². The molecular formula is C14H12F3NO. The van der Waals surface area contributed by atoms with Crippen LogP contribution in [-0.4, -0.2) is 6.54 Å². The van der Waals surface area contributed by atoms with Gasteiger partial charge < -0.3 is 10.5 Å². The van der Waals surface area contributed by atoms with Crippen LogP contribution < -0.4 is 10.5 Å². The van der Waals surface area contributed by atoms with E-state index in [9.17, 15) is 13.2 Å². The van der Waals surface area contributed by atoms with E-state index in [2.05, 4.69) is 0 Å². The zero-order chi connectivity index (χ0) is 13.8. The van der Waals surface area contributed by atoms with Crippen LogP contribution >= 0.6 is 0 Å². The Hall–Kier alpha value is -2.01. The Balaban J connectivity index is 2.29. The SMILES string of the molecule is NCCc1cc(F)cc(Oc2cc(F)ccc2F)c1. The zero-order valence-electron chi connectivity index (χ0n) is 10.00. The van der Waals surface area contributed by atoms with Gasteiger partial charge >= 0.3 is 0 Å². The first-order valence-corrected chi connectivity index (χ1v) is 5.71. The van der Waals surface area contributed by atoms with Gasteiger partial charge in [0.1, 0.15) is 17.4 Å². The van der Waals surface area contributed by atoms with Crippen molar-refractivity contribution in [1.82, 2.24) is 0 Å². The molecule has 0 saturated heterocycles. The second-order valence-electron chi connectivity index (χ2n) is 4.01. The molecule has 0 atom stereocenters. The van der Waals surface area contributed by atoms with Crippen LogP contribution in [0.3, 0.4) is 0 Å². The molecule has 0 aliphatic carbocycles. The lowest BCUT2D eigenvalue weighted by Crippen LogP contribution is -2.03. The first-order chi connectivity index (χ1) is 9.08. The highest BCUT2D eigenvalue weighted by Crippen LogP contribution is 2.26. The molecule has 2 N–H and O–H groups in total. The molecule has 0 bridgehead atoms. The van der Waals surface area contributed by atoms with E-state index in [0.717, 1.165) is 24.3 Å². The van der Waals surface area contributed by atoms with E-state index >= 15 is 0 Å². The highest BCUT2D eigenvalue weighted by atomic mass is 19.1. The number of benzene rings is 2. The summed E-state index contributed by atoms with van der Waals surface area (Å²) in [7, 11) is 0. The van der Waals surface area contributed by atoms with E-state index in [-0.39, 0.29) is 11.5 Å². The van der Waals surface area contributed by atoms with Crippen molar-refractivity contribution in [2.45, 2.75) is 6.42 Å². The minimum Gasteiger partial charge on any atom is -0.454 e. The summed E-state index contributed by atoms with van der Waals surface area (Å²) >= 11 is 0. The Morgan fingerprint density at radius 3 is 2.47 bits per heavy atom. The predicted octanol–water partition coefficient (Wildman–Crippen LogP) is 3.40. The Kier molecular flexibility index (Phi) is 4.06. The first-order valence-electron chi connectivity index (χ1n) is 5.71. The predicted molar refractivity (Wildman–Crippen MR) is 65.6 cm³/mol. The molecule has 100 valence electrons. The van der Waals surface area contributed by atoms with Crippen molar-refractivity contribution in [2.24, 2.45) is 5.73 Å². The van der Waals surface area contributed by atoms with E-state index in [1.54, 1.807) is 6.07 Å². The lowest BCUT2D eigenvalue weighted by atomic mass is 10.1. The van der Waals surface area contributed by atoms with Crippen molar-refractivity contribution < 1.29 is 17.9 Å². The molecule has 2 nitrogen and oxygen atoms in total. The molecule has 0 heterocycles. The summed E-state index contributed by atoms with van der Waals surface area (Å²) in [4.78, 5) is 0. The highest BCUT2D eigenvalue weighted by Gasteiger charge is 2.08. The molecule has 0 aliphatic heterocycles. The Morgan fingerprint density at radius 2 is 1.74 bits per heavy atom. The maximum Gasteiger partial charge on any atom is 0.165 e. The summed E-state index contributed by atoms with van der Waals surface area (Å²) in [6, 6.07) is 6.80. The van der Waals surface area contributed by atoms with Gasteiger partial charge in [-0.15, -0.1) is 0 Å². The number of halogens is 3. The fourth-order valence-electron chi connectivity index (χ4n) is 1.67. The van der Waals surface area contributed by atoms with Crippen LogP contribution in [0.1, 0.15) is 5.56 Å². The molecule has 0 saturated carbocycles. The highest BCUT2D eigenvalue weighted by molar-refractivity contribution is 5.35. The molecule has 0 aliphatic rings. The van der Waals surface area contributed by atoms with Crippen LogP contribution in [0.15, 0.2) is 36.4 Å². The van der Waals surface area contributed by atoms with Gasteiger partial charge in [-0.05, 0) is 42.8 Å². The number of hydrogen-bond acceptors (Lipinski definition) is 2. The van der Waals surface area contributed by atoms with Gasteiger partial charge in [0.25, 0.3) is 0 Å². The van der Waals surface area contributed by atoms with Crippen molar-refractivity contribution in [2.75, 3.05) is 6.54 Å². The smallest absolute Gasteiger partial charge is 0.165 e. The molecule has 2 aromatic rings. The fourth-order valence-corrected chi connectivity index (χ4v) is 1.67. The standard InChI is InChI=1S/C14H12F3NO/c15-10-1-2-13(17)14(8-10)19-12-6-9(3-4-18)5-11(16)7-12/h1-2,5-8H,3-4,18H2. The van der Waals surface area contributed by atoms with Crippen LogP contribution in [0.2, 0.25) is 0 Å². The first kappa shape index (κ1) is 13.4. The molecule has 0 aromatic heterocycles. The van der Waals surface area contributed by atoms with Gasteiger partial charge in [0.2, 0.25) is 0 Å². The number of rotatable bonds is 4. The number of nitrogens with two attached hydrogens (primary N) is 1. The van der Waals surface area contributed by atoms with Crippen LogP contribution in [0, 0.1) is 17.5 Å². The number of ether oxygens (including phenoxy) is 1. The molecule has 19 heavy (non-hydrogen) atoms. The Morgan fingerprint density at radius 1 is 0.947 bits per heavy atom. The maximum atomic E-state index is 13.4. The molecule has 2 aromatic carbocycles. The number of hydrogen-bond donors (Lipinski definition) is 1. The normalized spacial score (nSPS) is 10.5. The van der Waals surface area contributed by atoms with Crippen molar-refractivity contribution in [3.8, 4) is 11.5 Å². The molecule has 0 fully saturated rings. The molecule has 5 heteroatoms. The largest absolute Gasteiger partial charge is 0.454 e. The fraction of sp³-hybridized carbons (Fsp3) is 0.143. The third kappa shape index (κ3) is 3.48. The van der Waals surface area contributed by atoms with Crippen molar-refractivity contribution in [3.05, 3.63) is 59.4 Å². The molecule has 0 amide bonds. The third-order valence-corrected chi connectivity index (χ3v) is 2.49. The van der Waals surface area contributed by atoms with Crippen molar-refractivity contribution in [1.29, 1.82) is 0 Å². The quantitative estimate of drug-likeness (QED) is 0.921. The van der Waals surface area contributed by atoms with E-state index in [4.69, 9.17) is 10.5 Å². The Labute approximate surface area is 108 Å². The average Bonchev–Trinajstić information content (AvgIpc) is 2.33. The summed E-state index contributed by atoms with van der Waals surface area (Å²) in [5.74, 6) is -2.05. The van der Waals surface area contributed by atoms with Gasteiger partial charge in [-0.1, -0.05) is 0 Å². The minimum absolute atomic E-state index is 0.105. The van der Waals surface area contributed by atoms with Crippen LogP contribution in [0.5, 0.6) is 11.5 Å². The summed E-state index contributed by atoms with van der Waals surface area (Å²) in [5, 5.41) is 0. The maximum absolute atomic E-state index is 13.4.